The third-order valence-corrected chi connectivity index (χ3v) is 6.00. The molecule has 3 N–H and O–H groups in total. The normalized spacial score (nSPS) is 12.6. The van der Waals surface area contributed by atoms with Crippen molar-refractivity contribution in [3.63, 3.8) is 0 Å². The van der Waals surface area contributed by atoms with Gasteiger partial charge in [-0.05, 0) is 49.7 Å². The number of carbonyl (C=O) groups is 1. The Hall–Kier alpha value is -1.90. The van der Waals surface area contributed by atoms with Crippen molar-refractivity contribution < 1.29 is 13.2 Å². The lowest BCUT2D eigenvalue weighted by atomic mass is 10.2. The van der Waals surface area contributed by atoms with Crippen LogP contribution >= 0.6 is 11.3 Å². The molecule has 8 heteroatoms. The Labute approximate surface area is 140 Å². The highest BCUT2D eigenvalue weighted by molar-refractivity contribution is 7.94. The van der Waals surface area contributed by atoms with Crippen molar-refractivity contribution >= 4 is 33.0 Å². The molecule has 0 radical (unpaired) electrons. The molecule has 0 spiro atoms. The summed E-state index contributed by atoms with van der Waals surface area (Å²) in [5.74, 6) is -0.195. The zero-order valence-corrected chi connectivity index (χ0v) is 14.5. The topological polar surface area (TPSA) is 87.3 Å². The molecule has 0 aliphatic carbocycles. The van der Waals surface area contributed by atoms with E-state index < -0.39 is 10.0 Å². The maximum atomic E-state index is 12.1. The van der Waals surface area contributed by atoms with E-state index >= 15 is 0 Å². The fourth-order valence-electron chi connectivity index (χ4n) is 1.76. The minimum absolute atomic E-state index is 0.177. The SMILES string of the molecule is CNC(C)CNC(=O)c1ccc(NS(=O)(=O)c2cccs2)cc1. The molecule has 0 fully saturated rings. The van der Waals surface area contributed by atoms with Crippen molar-refractivity contribution in [2.24, 2.45) is 0 Å². The number of rotatable bonds is 7. The summed E-state index contributed by atoms with van der Waals surface area (Å²) in [6.07, 6.45) is 0. The minimum atomic E-state index is -3.57. The quantitative estimate of drug-likeness (QED) is 0.709. The molecular formula is C15H19N3O3S2. The summed E-state index contributed by atoms with van der Waals surface area (Å²) >= 11 is 1.15. The number of hydrogen-bond acceptors (Lipinski definition) is 5. The first kappa shape index (κ1) is 17.5. The van der Waals surface area contributed by atoms with Gasteiger partial charge in [0.15, 0.2) is 0 Å². The summed E-state index contributed by atoms with van der Waals surface area (Å²) in [5, 5.41) is 7.53. The first-order valence-corrected chi connectivity index (χ1v) is 9.40. The molecule has 2 aromatic rings. The monoisotopic (exact) mass is 353 g/mol. The Morgan fingerprint density at radius 1 is 1.22 bits per heavy atom. The molecule has 1 amide bonds. The van der Waals surface area contributed by atoms with E-state index in [-0.39, 0.29) is 16.2 Å². The van der Waals surface area contributed by atoms with Gasteiger partial charge in [0.1, 0.15) is 4.21 Å². The lowest BCUT2D eigenvalue weighted by molar-refractivity contribution is 0.0950. The Bertz CT molecular complexity index is 741. The van der Waals surface area contributed by atoms with Crippen LogP contribution in [0.4, 0.5) is 5.69 Å². The summed E-state index contributed by atoms with van der Waals surface area (Å²) < 4.78 is 26.9. The van der Waals surface area contributed by atoms with Crippen molar-refractivity contribution in [1.29, 1.82) is 0 Å². The van der Waals surface area contributed by atoms with Crippen molar-refractivity contribution in [3.05, 3.63) is 47.3 Å². The number of nitrogens with one attached hydrogen (secondary N) is 3. The van der Waals surface area contributed by atoms with Gasteiger partial charge in [0.2, 0.25) is 0 Å². The molecule has 0 saturated heterocycles. The van der Waals surface area contributed by atoms with Crippen LogP contribution in [0.5, 0.6) is 0 Å². The molecule has 0 aliphatic heterocycles. The number of likely N-dealkylation sites (N-methyl/N-ethyl adjacent to an activating group) is 1. The number of thiophene rings is 1. The fraction of sp³-hybridized carbons (Fsp3) is 0.267. The van der Waals surface area contributed by atoms with E-state index in [0.29, 0.717) is 17.8 Å². The van der Waals surface area contributed by atoms with Crippen LogP contribution in [0.2, 0.25) is 0 Å². The van der Waals surface area contributed by atoms with Crippen molar-refractivity contribution in [2.45, 2.75) is 17.2 Å². The van der Waals surface area contributed by atoms with Crippen LogP contribution in [0.25, 0.3) is 0 Å². The Kier molecular flexibility index (Phi) is 5.75. The van der Waals surface area contributed by atoms with E-state index in [0.717, 1.165) is 11.3 Å². The van der Waals surface area contributed by atoms with Gasteiger partial charge in [-0.15, -0.1) is 11.3 Å². The summed E-state index contributed by atoms with van der Waals surface area (Å²) in [5.41, 5.74) is 0.894. The molecule has 1 heterocycles. The summed E-state index contributed by atoms with van der Waals surface area (Å²) in [7, 11) is -1.74. The van der Waals surface area contributed by atoms with Gasteiger partial charge in [0, 0.05) is 23.8 Å². The van der Waals surface area contributed by atoms with Crippen LogP contribution in [0.15, 0.2) is 46.0 Å². The highest BCUT2D eigenvalue weighted by atomic mass is 32.2. The lowest BCUT2D eigenvalue weighted by Crippen LogP contribution is -2.37. The number of benzene rings is 1. The second kappa shape index (κ2) is 7.58. The van der Waals surface area contributed by atoms with Crippen molar-refractivity contribution in [1.82, 2.24) is 10.6 Å². The third kappa shape index (κ3) is 4.78. The predicted octanol–water partition coefficient (Wildman–Crippen LogP) is 1.89. The maximum Gasteiger partial charge on any atom is 0.271 e. The molecular weight excluding hydrogens is 334 g/mol. The maximum absolute atomic E-state index is 12.1. The molecule has 1 unspecified atom stereocenters. The third-order valence-electron chi connectivity index (χ3n) is 3.22. The van der Waals surface area contributed by atoms with E-state index in [2.05, 4.69) is 15.4 Å². The molecule has 0 saturated carbocycles. The first-order chi connectivity index (χ1) is 10.9. The average Bonchev–Trinajstić information content (AvgIpc) is 3.08. The van der Waals surface area contributed by atoms with Gasteiger partial charge in [0.25, 0.3) is 15.9 Å². The minimum Gasteiger partial charge on any atom is -0.350 e. The van der Waals surface area contributed by atoms with E-state index in [1.807, 2.05) is 14.0 Å². The van der Waals surface area contributed by atoms with Crippen LogP contribution in [-0.2, 0) is 10.0 Å². The summed E-state index contributed by atoms with van der Waals surface area (Å²) in [6, 6.07) is 9.72. The van der Waals surface area contributed by atoms with Crippen LogP contribution in [0.3, 0.4) is 0 Å². The van der Waals surface area contributed by atoms with Crippen LogP contribution in [0.1, 0.15) is 17.3 Å². The number of anilines is 1. The average molecular weight is 353 g/mol. The van der Waals surface area contributed by atoms with E-state index in [1.165, 1.54) is 6.07 Å². The molecule has 0 aliphatic rings. The van der Waals surface area contributed by atoms with Crippen molar-refractivity contribution in [2.75, 3.05) is 18.3 Å². The number of sulfonamides is 1. The highest BCUT2D eigenvalue weighted by Gasteiger charge is 2.15. The molecule has 1 aromatic heterocycles. The van der Waals surface area contributed by atoms with Gasteiger partial charge in [-0.2, -0.15) is 0 Å². The Morgan fingerprint density at radius 2 is 1.91 bits per heavy atom. The van der Waals surface area contributed by atoms with Crippen LogP contribution in [-0.4, -0.2) is 34.0 Å². The largest absolute Gasteiger partial charge is 0.350 e. The molecule has 2 rings (SSSR count). The second-order valence-corrected chi connectivity index (χ2v) is 7.87. The van der Waals surface area contributed by atoms with Gasteiger partial charge in [-0.3, -0.25) is 9.52 Å². The number of amides is 1. The van der Waals surface area contributed by atoms with Crippen LogP contribution < -0.4 is 15.4 Å². The second-order valence-electron chi connectivity index (χ2n) is 5.01. The van der Waals surface area contributed by atoms with Gasteiger partial charge in [-0.1, -0.05) is 6.07 Å². The van der Waals surface area contributed by atoms with Gasteiger partial charge >= 0.3 is 0 Å². The smallest absolute Gasteiger partial charge is 0.271 e. The lowest BCUT2D eigenvalue weighted by Gasteiger charge is -2.12. The molecule has 6 nitrogen and oxygen atoms in total. The number of carbonyl (C=O) groups excluding carboxylic acids is 1. The van der Waals surface area contributed by atoms with E-state index in [4.69, 9.17) is 0 Å². The van der Waals surface area contributed by atoms with Crippen molar-refractivity contribution in [3.8, 4) is 0 Å². The molecule has 23 heavy (non-hydrogen) atoms. The zero-order chi connectivity index (χ0) is 16.9. The molecule has 124 valence electrons. The zero-order valence-electron chi connectivity index (χ0n) is 12.9. The first-order valence-electron chi connectivity index (χ1n) is 7.04. The Balaban J connectivity index is 2.01. The van der Waals surface area contributed by atoms with Crippen LogP contribution in [0, 0.1) is 0 Å². The van der Waals surface area contributed by atoms with E-state index in [1.54, 1.807) is 35.7 Å². The molecule has 1 aromatic carbocycles. The predicted molar refractivity (Wildman–Crippen MR) is 92.4 cm³/mol. The van der Waals surface area contributed by atoms with E-state index in [9.17, 15) is 13.2 Å². The highest BCUT2D eigenvalue weighted by Crippen LogP contribution is 2.20. The summed E-state index contributed by atoms with van der Waals surface area (Å²) in [4.78, 5) is 12.0. The Morgan fingerprint density at radius 3 is 2.48 bits per heavy atom. The van der Waals surface area contributed by atoms with Gasteiger partial charge in [0.05, 0.1) is 0 Å². The van der Waals surface area contributed by atoms with Gasteiger partial charge in [-0.25, -0.2) is 8.42 Å². The molecule has 1 atom stereocenters. The van der Waals surface area contributed by atoms with Gasteiger partial charge < -0.3 is 10.6 Å². The number of hydrogen-bond donors (Lipinski definition) is 3. The summed E-state index contributed by atoms with van der Waals surface area (Å²) in [6.45, 7) is 2.48. The standard InChI is InChI=1S/C15H19N3O3S2/c1-11(16-2)10-17-15(19)12-5-7-13(8-6-12)18-23(20,21)14-4-3-9-22-14/h3-9,11,16,18H,10H2,1-2H3,(H,17,19). The molecule has 0 bridgehead atoms. The fourth-order valence-corrected chi connectivity index (χ4v) is 3.81.